The topological polar surface area (TPSA) is 118 Å². The number of hydrogen-bond donors (Lipinski definition) is 3. The molecule has 0 fully saturated rings. The average Bonchev–Trinajstić information content (AvgIpc) is 1.85. The molecule has 0 amide bonds. The summed E-state index contributed by atoms with van der Waals surface area (Å²) in [6, 6.07) is -1.38. The van der Waals surface area contributed by atoms with Crippen molar-refractivity contribution in [2.45, 2.75) is 6.04 Å². The Morgan fingerprint density at radius 2 is 2.17 bits per heavy atom. The van der Waals surface area contributed by atoms with Crippen LogP contribution in [-0.2, 0) is 21.0 Å². The zero-order valence-electron chi connectivity index (χ0n) is 6.04. The summed E-state index contributed by atoms with van der Waals surface area (Å²) in [5, 5.41) is 8.27. The first-order valence-electron chi connectivity index (χ1n) is 2.93. The molecule has 0 aromatic carbocycles. The molecule has 1 unspecified atom stereocenters. The van der Waals surface area contributed by atoms with Crippen LogP contribution in [0.15, 0.2) is 0 Å². The number of carboxylic acid groups (broad SMARTS) is 1. The van der Waals surface area contributed by atoms with Gasteiger partial charge in [-0.05, 0) is 0 Å². The van der Waals surface area contributed by atoms with E-state index in [9.17, 15) is 13.6 Å². The lowest BCUT2D eigenvalue weighted by Gasteiger charge is -2.10. The van der Waals surface area contributed by atoms with Crippen molar-refractivity contribution in [3.05, 3.63) is 0 Å². The van der Waals surface area contributed by atoms with Crippen molar-refractivity contribution in [3.8, 4) is 0 Å². The van der Waals surface area contributed by atoms with E-state index >= 15 is 0 Å². The highest BCUT2D eigenvalue weighted by molar-refractivity contribution is 7.79. The SMILES string of the molecule is N[C@@H](CP(=O)(O)C[S]=O)C(=O)O. The fraction of sp³-hybridized carbons (Fsp3) is 0.750. The van der Waals surface area contributed by atoms with Gasteiger partial charge in [-0.25, -0.2) is 4.21 Å². The number of carboxylic acids is 1. The summed E-state index contributed by atoms with van der Waals surface area (Å²) in [6.07, 6.45) is -0.558. The summed E-state index contributed by atoms with van der Waals surface area (Å²) < 4.78 is 20.8. The Balaban J connectivity index is 4.14. The quantitative estimate of drug-likeness (QED) is 0.497. The van der Waals surface area contributed by atoms with Gasteiger partial charge in [0, 0.05) is 0 Å². The predicted molar refractivity (Wildman–Crippen MR) is 43.3 cm³/mol. The van der Waals surface area contributed by atoms with Crippen LogP contribution in [0.3, 0.4) is 0 Å². The van der Waals surface area contributed by atoms with Gasteiger partial charge in [-0.3, -0.25) is 9.36 Å². The molecule has 71 valence electrons. The third kappa shape index (κ3) is 4.50. The molecule has 2 atom stereocenters. The van der Waals surface area contributed by atoms with Crippen molar-refractivity contribution in [2.24, 2.45) is 5.73 Å². The van der Waals surface area contributed by atoms with Gasteiger partial charge in [-0.2, -0.15) is 0 Å². The lowest BCUT2D eigenvalue weighted by molar-refractivity contribution is -0.138. The van der Waals surface area contributed by atoms with Crippen molar-refractivity contribution in [1.29, 1.82) is 0 Å². The second-order valence-corrected chi connectivity index (χ2v) is 5.55. The van der Waals surface area contributed by atoms with Gasteiger partial charge < -0.3 is 15.7 Å². The molecule has 0 heterocycles. The Morgan fingerprint density at radius 1 is 1.67 bits per heavy atom. The van der Waals surface area contributed by atoms with Crippen LogP contribution in [0.25, 0.3) is 0 Å². The molecule has 0 aliphatic carbocycles. The zero-order chi connectivity index (χ0) is 9.78. The number of hydrogen-bond acceptors (Lipinski definition) is 4. The highest BCUT2D eigenvalue weighted by atomic mass is 32.2. The Bertz CT molecular complexity index is 231. The maximum Gasteiger partial charge on any atom is 0.321 e. The van der Waals surface area contributed by atoms with E-state index in [1.54, 1.807) is 0 Å². The number of aliphatic carboxylic acids is 1. The van der Waals surface area contributed by atoms with Crippen LogP contribution in [-0.4, -0.2) is 37.9 Å². The first-order valence-corrected chi connectivity index (χ1v) is 5.87. The van der Waals surface area contributed by atoms with Gasteiger partial charge in [-0.15, -0.1) is 0 Å². The van der Waals surface area contributed by atoms with E-state index in [-0.39, 0.29) is 11.7 Å². The molecule has 0 aliphatic heterocycles. The molecule has 6 nitrogen and oxygen atoms in total. The Labute approximate surface area is 72.7 Å². The van der Waals surface area contributed by atoms with Crippen LogP contribution >= 0.6 is 7.37 Å². The summed E-state index contributed by atoms with van der Waals surface area (Å²) in [7, 11) is -3.66. The van der Waals surface area contributed by atoms with Crippen LogP contribution in [0, 0.1) is 0 Å². The van der Waals surface area contributed by atoms with E-state index in [0.717, 1.165) is 0 Å². The first-order chi connectivity index (χ1) is 5.39. The summed E-state index contributed by atoms with van der Waals surface area (Å²) in [5.41, 5.74) is 4.48. The third-order valence-corrected chi connectivity index (χ3v) is 4.05. The maximum absolute atomic E-state index is 10.9. The van der Waals surface area contributed by atoms with Crippen molar-refractivity contribution in [1.82, 2.24) is 0 Å². The van der Waals surface area contributed by atoms with Crippen molar-refractivity contribution < 1.29 is 23.6 Å². The summed E-state index contributed by atoms with van der Waals surface area (Å²) >= 11 is -0.0493. The molecule has 4 N–H and O–H groups in total. The number of carbonyl (C=O) groups is 1. The molecule has 0 saturated heterocycles. The average molecular weight is 214 g/mol. The summed E-state index contributed by atoms with van der Waals surface area (Å²) in [5.74, 6) is -1.35. The molecule has 12 heavy (non-hydrogen) atoms. The lowest BCUT2D eigenvalue weighted by Crippen LogP contribution is -2.33. The molecule has 8 heteroatoms. The van der Waals surface area contributed by atoms with Crippen LogP contribution in [0.4, 0.5) is 0 Å². The van der Waals surface area contributed by atoms with Gasteiger partial charge in [0.15, 0.2) is 0 Å². The highest BCUT2D eigenvalue weighted by Gasteiger charge is 2.25. The van der Waals surface area contributed by atoms with E-state index in [1.165, 1.54) is 0 Å². The van der Waals surface area contributed by atoms with Crippen molar-refractivity contribution in [3.63, 3.8) is 0 Å². The van der Waals surface area contributed by atoms with Gasteiger partial charge in [0.1, 0.15) is 11.5 Å². The van der Waals surface area contributed by atoms with Gasteiger partial charge >= 0.3 is 5.97 Å². The molecule has 0 saturated carbocycles. The molecule has 0 aromatic rings. The Hall–Kier alpha value is -0.360. The molecule has 0 spiro atoms. The van der Waals surface area contributed by atoms with Crippen LogP contribution in [0.5, 0.6) is 0 Å². The van der Waals surface area contributed by atoms with Crippen molar-refractivity contribution >= 4 is 25.0 Å². The highest BCUT2D eigenvalue weighted by Crippen LogP contribution is 2.39. The van der Waals surface area contributed by atoms with Crippen LogP contribution in [0.2, 0.25) is 0 Å². The molecule has 1 radical (unpaired) electrons. The monoisotopic (exact) mass is 214 g/mol. The first kappa shape index (κ1) is 11.6. The number of nitrogens with two attached hydrogens (primary N) is 1. The van der Waals surface area contributed by atoms with Gasteiger partial charge in [-0.1, -0.05) is 0 Å². The van der Waals surface area contributed by atoms with E-state index in [1.807, 2.05) is 0 Å². The Morgan fingerprint density at radius 3 is 2.50 bits per heavy atom. The van der Waals surface area contributed by atoms with Gasteiger partial charge in [0.05, 0.1) is 17.8 Å². The van der Waals surface area contributed by atoms with Crippen LogP contribution < -0.4 is 5.73 Å². The van der Waals surface area contributed by atoms with Gasteiger partial charge in [0.2, 0.25) is 7.37 Å². The smallest absolute Gasteiger partial charge is 0.321 e. The predicted octanol–water partition coefficient (Wildman–Crippen LogP) is -1.16. The third-order valence-electron chi connectivity index (χ3n) is 1.05. The normalized spacial score (nSPS) is 17.8. The summed E-state index contributed by atoms with van der Waals surface area (Å²) in [6.45, 7) is 0. The standard InChI is InChI=1S/C4H9NO5PS/c5-3(4(6)7)1-11(8,9)2-12-10/h3H,1-2,5H2,(H,6,7)(H,8,9)/t3-/m0/s1. The molecular weight excluding hydrogens is 205 g/mol. The number of rotatable bonds is 5. The minimum atomic E-state index is -3.66. The van der Waals surface area contributed by atoms with E-state index in [2.05, 4.69) is 0 Å². The molecular formula is C4H9NO5PS. The molecule has 0 rings (SSSR count). The summed E-state index contributed by atoms with van der Waals surface area (Å²) in [4.78, 5) is 19.1. The van der Waals surface area contributed by atoms with E-state index in [4.69, 9.17) is 15.7 Å². The minimum Gasteiger partial charge on any atom is -0.480 e. The molecule has 0 aromatic heterocycles. The van der Waals surface area contributed by atoms with E-state index in [0.29, 0.717) is 0 Å². The lowest BCUT2D eigenvalue weighted by atomic mass is 10.4. The second-order valence-electron chi connectivity index (χ2n) is 2.22. The molecule has 0 aliphatic rings. The maximum atomic E-state index is 10.9. The largest absolute Gasteiger partial charge is 0.480 e. The molecule has 0 bridgehead atoms. The van der Waals surface area contributed by atoms with E-state index < -0.39 is 31.0 Å². The fourth-order valence-corrected chi connectivity index (χ4v) is 2.37. The van der Waals surface area contributed by atoms with Crippen molar-refractivity contribution in [2.75, 3.05) is 11.7 Å². The minimum absolute atomic E-state index is 0.0493. The Kier molecular flexibility index (Phi) is 4.47. The fourth-order valence-electron chi connectivity index (χ4n) is 0.521. The second kappa shape index (κ2) is 4.61. The van der Waals surface area contributed by atoms with Gasteiger partial charge in [0.25, 0.3) is 0 Å². The van der Waals surface area contributed by atoms with Crippen LogP contribution in [0.1, 0.15) is 0 Å². The zero-order valence-corrected chi connectivity index (χ0v) is 7.75.